The molecule has 0 spiro atoms. The van der Waals surface area contributed by atoms with E-state index >= 15 is 0 Å². The van der Waals surface area contributed by atoms with Crippen LogP contribution in [-0.2, 0) is 0 Å². The van der Waals surface area contributed by atoms with E-state index in [1.54, 1.807) is 19.0 Å². The Kier molecular flexibility index (Phi) is 6.93. The van der Waals surface area contributed by atoms with E-state index in [2.05, 4.69) is 9.71 Å². The Morgan fingerprint density at radius 3 is 2.61 bits per heavy atom. The second kappa shape index (κ2) is 8.99. The van der Waals surface area contributed by atoms with E-state index in [1.165, 1.54) is 17.0 Å². The molecule has 1 fully saturated rings. The van der Waals surface area contributed by atoms with Gasteiger partial charge in [0.1, 0.15) is 21.6 Å². The molecule has 31 heavy (non-hydrogen) atoms. The summed E-state index contributed by atoms with van der Waals surface area (Å²) in [5.74, 6) is -5.61. The molecule has 4 nitrogen and oxygen atoms in total. The molecule has 1 aromatic carbocycles. The third kappa shape index (κ3) is 5.01. The van der Waals surface area contributed by atoms with Gasteiger partial charge in [-0.15, -0.1) is 0 Å². The number of anilines is 2. The van der Waals surface area contributed by atoms with Gasteiger partial charge in [0.15, 0.2) is 5.82 Å². The largest absolute Gasteiger partial charge is 0.369 e. The zero-order valence-corrected chi connectivity index (χ0v) is 18.7. The van der Waals surface area contributed by atoms with Crippen LogP contribution in [0.2, 0.25) is 5.02 Å². The van der Waals surface area contributed by atoms with Crippen LogP contribution in [0.5, 0.6) is 0 Å². The first-order valence-electron chi connectivity index (χ1n) is 9.44. The van der Waals surface area contributed by atoms with Crippen molar-refractivity contribution >= 4 is 35.1 Å². The van der Waals surface area contributed by atoms with Crippen LogP contribution in [0, 0.1) is 23.0 Å². The minimum atomic E-state index is -2.99. The summed E-state index contributed by atoms with van der Waals surface area (Å²) in [5.41, 5.74) is -1.35. The smallest absolute Gasteiger partial charge is 0.253 e. The number of hydrogen-bond donors (Lipinski definition) is 1. The first-order chi connectivity index (χ1) is 14.4. The van der Waals surface area contributed by atoms with Gasteiger partial charge in [0.05, 0.1) is 11.1 Å². The van der Waals surface area contributed by atoms with Crippen LogP contribution < -0.4 is 9.62 Å². The van der Waals surface area contributed by atoms with Crippen molar-refractivity contribution in [3.63, 3.8) is 0 Å². The zero-order chi connectivity index (χ0) is 23.0. The number of rotatable bonds is 7. The molecule has 0 bridgehead atoms. The third-order valence-corrected chi connectivity index (χ3v) is 6.56. The fourth-order valence-electron chi connectivity index (χ4n) is 3.77. The van der Waals surface area contributed by atoms with E-state index in [9.17, 15) is 22.0 Å². The highest BCUT2D eigenvalue weighted by molar-refractivity contribution is 8.00. The van der Waals surface area contributed by atoms with Crippen LogP contribution in [0.25, 0.3) is 0 Å². The number of alkyl halides is 2. The summed E-state index contributed by atoms with van der Waals surface area (Å²) in [6.45, 7) is 1.09. The maximum Gasteiger partial charge on any atom is 0.253 e. The van der Waals surface area contributed by atoms with Crippen LogP contribution in [-0.4, -0.2) is 49.5 Å². The van der Waals surface area contributed by atoms with Crippen molar-refractivity contribution in [3.8, 4) is 0 Å². The molecule has 0 saturated carbocycles. The maximum absolute atomic E-state index is 14.9. The van der Waals surface area contributed by atoms with Gasteiger partial charge in [0.2, 0.25) is 5.95 Å². The van der Waals surface area contributed by atoms with E-state index in [4.69, 9.17) is 11.6 Å². The van der Waals surface area contributed by atoms with Gasteiger partial charge in [-0.1, -0.05) is 17.7 Å². The normalized spacial score (nSPS) is 19.4. The van der Waals surface area contributed by atoms with Crippen LogP contribution in [0.15, 0.2) is 29.2 Å². The Balaban J connectivity index is 1.85. The Bertz CT molecular complexity index is 956. The van der Waals surface area contributed by atoms with E-state index in [1.807, 2.05) is 0 Å². The quantitative estimate of drug-likeness (QED) is 0.238. The number of hydrogen-bond acceptors (Lipinski definition) is 5. The van der Waals surface area contributed by atoms with E-state index in [0.29, 0.717) is 11.9 Å². The second-order valence-corrected chi connectivity index (χ2v) is 9.16. The third-order valence-electron chi connectivity index (χ3n) is 5.31. The predicted molar refractivity (Wildman–Crippen MR) is 113 cm³/mol. The first-order valence-corrected chi connectivity index (χ1v) is 10.6. The fraction of sp³-hybridized carbons (Fsp3) is 0.450. The Hall–Kier alpha value is -1.78. The number of benzene rings is 1. The molecule has 2 aromatic rings. The van der Waals surface area contributed by atoms with E-state index < -0.39 is 33.8 Å². The van der Waals surface area contributed by atoms with Gasteiger partial charge in [-0.05, 0) is 44.6 Å². The molecule has 1 aromatic heterocycles. The van der Waals surface area contributed by atoms with Crippen LogP contribution in [0.3, 0.4) is 0 Å². The molecule has 3 rings (SSSR count). The fourth-order valence-corrected chi connectivity index (χ4v) is 4.76. The highest BCUT2D eigenvalue weighted by Gasteiger charge is 2.54. The molecule has 1 saturated heterocycles. The molecule has 1 aliphatic heterocycles. The molecule has 170 valence electrons. The molecule has 0 aliphatic carbocycles. The lowest BCUT2D eigenvalue weighted by molar-refractivity contribution is -0.105. The summed E-state index contributed by atoms with van der Waals surface area (Å²) >= 11 is 6.73. The highest BCUT2D eigenvalue weighted by atomic mass is 35.5. The minimum Gasteiger partial charge on any atom is -0.369 e. The van der Waals surface area contributed by atoms with E-state index in [-0.39, 0.29) is 42.6 Å². The van der Waals surface area contributed by atoms with Crippen LogP contribution in [0.1, 0.15) is 13.3 Å². The first kappa shape index (κ1) is 23.9. The standard InChI is InChI=1S/C20H22ClF5N4S/c1-19(25,26)20(10-29(2)3)7-8-30(11-20)13-9-12(22)18(17(24)16(13)21)31-28-15-6-4-5-14(23)27-15/h4-6,9H,7-8,10-11H2,1-3H3,(H,27,28). The van der Waals surface area contributed by atoms with Crippen molar-refractivity contribution in [2.45, 2.75) is 24.2 Å². The summed E-state index contributed by atoms with van der Waals surface area (Å²) in [7, 11) is 3.41. The van der Waals surface area contributed by atoms with Gasteiger partial charge in [-0.25, -0.2) is 22.5 Å². The minimum absolute atomic E-state index is 0.0229. The average Bonchev–Trinajstić information content (AvgIpc) is 3.09. The second-order valence-electron chi connectivity index (χ2n) is 7.96. The van der Waals surface area contributed by atoms with Crippen molar-refractivity contribution < 1.29 is 22.0 Å². The van der Waals surface area contributed by atoms with Gasteiger partial charge < -0.3 is 14.5 Å². The van der Waals surface area contributed by atoms with Gasteiger partial charge in [-0.2, -0.15) is 4.39 Å². The van der Waals surface area contributed by atoms with Gasteiger partial charge in [0.25, 0.3) is 5.92 Å². The molecule has 1 unspecified atom stereocenters. The number of halogens is 6. The number of pyridine rings is 1. The Morgan fingerprint density at radius 2 is 2.00 bits per heavy atom. The maximum atomic E-state index is 14.9. The number of aromatic nitrogens is 1. The lowest BCUT2D eigenvalue weighted by Gasteiger charge is -2.37. The van der Waals surface area contributed by atoms with Gasteiger partial charge in [0, 0.05) is 32.6 Å². The molecular formula is C20H22ClF5N4S. The molecule has 11 heteroatoms. The molecule has 1 aliphatic rings. The predicted octanol–water partition coefficient (Wildman–Crippen LogP) is 5.68. The lowest BCUT2D eigenvalue weighted by atomic mass is 9.80. The topological polar surface area (TPSA) is 31.4 Å². The summed E-state index contributed by atoms with van der Waals surface area (Å²) in [6.07, 6.45) is 0.150. The highest BCUT2D eigenvalue weighted by Crippen LogP contribution is 2.47. The SMILES string of the molecule is CN(C)CC1(C(C)(F)F)CCN(c2cc(F)c(SNc3cccc(F)n3)c(F)c2Cl)C1. The van der Waals surface area contributed by atoms with Gasteiger partial charge >= 0.3 is 0 Å². The van der Waals surface area contributed by atoms with Crippen molar-refractivity contribution in [1.29, 1.82) is 0 Å². The summed E-state index contributed by atoms with van der Waals surface area (Å²) in [4.78, 5) is 6.29. The van der Waals surface area contributed by atoms with Crippen molar-refractivity contribution in [3.05, 3.63) is 46.9 Å². The summed E-state index contributed by atoms with van der Waals surface area (Å²) < 4.78 is 74.3. The molecular weight excluding hydrogens is 459 g/mol. The molecule has 0 amide bonds. The van der Waals surface area contributed by atoms with Crippen molar-refractivity contribution in [2.24, 2.45) is 5.41 Å². The number of nitrogens with one attached hydrogen (secondary N) is 1. The Labute approximate surface area is 186 Å². The zero-order valence-electron chi connectivity index (χ0n) is 17.2. The summed E-state index contributed by atoms with van der Waals surface area (Å²) in [6, 6.07) is 5.00. The van der Waals surface area contributed by atoms with Crippen molar-refractivity contribution in [2.75, 3.05) is 43.4 Å². The summed E-state index contributed by atoms with van der Waals surface area (Å²) in [5, 5.41) is -0.363. The molecule has 1 N–H and O–H groups in total. The van der Waals surface area contributed by atoms with Gasteiger partial charge in [-0.3, -0.25) is 0 Å². The average molecular weight is 481 g/mol. The van der Waals surface area contributed by atoms with E-state index in [0.717, 1.165) is 19.1 Å². The Morgan fingerprint density at radius 1 is 1.29 bits per heavy atom. The molecule has 1 atom stereocenters. The molecule has 0 radical (unpaired) electrons. The van der Waals surface area contributed by atoms with Crippen LogP contribution >= 0.6 is 23.5 Å². The molecule has 2 heterocycles. The van der Waals surface area contributed by atoms with Crippen molar-refractivity contribution in [1.82, 2.24) is 9.88 Å². The monoisotopic (exact) mass is 480 g/mol. The number of nitrogens with zero attached hydrogens (tertiary/aromatic N) is 3. The lowest BCUT2D eigenvalue weighted by Crippen LogP contribution is -2.48. The van der Waals surface area contributed by atoms with Crippen LogP contribution in [0.4, 0.5) is 33.5 Å².